The van der Waals surface area contributed by atoms with E-state index in [0.29, 0.717) is 44.2 Å². The van der Waals surface area contributed by atoms with Crippen LogP contribution in [0, 0.1) is 5.92 Å². The van der Waals surface area contributed by atoms with E-state index < -0.39 is 6.04 Å². The van der Waals surface area contributed by atoms with Gasteiger partial charge in [-0.15, -0.1) is 0 Å². The van der Waals surface area contributed by atoms with E-state index >= 15 is 0 Å². The van der Waals surface area contributed by atoms with Crippen molar-refractivity contribution in [2.24, 2.45) is 5.92 Å². The number of aromatic nitrogens is 2. The van der Waals surface area contributed by atoms with Gasteiger partial charge < -0.3 is 14.8 Å². The summed E-state index contributed by atoms with van der Waals surface area (Å²) in [5.74, 6) is 0.175. The fourth-order valence-electron chi connectivity index (χ4n) is 3.24. The van der Waals surface area contributed by atoms with E-state index in [9.17, 15) is 9.59 Å². The number of ether oxygens (including phenoxy) is 2. The minimum atomic E-state index is -0.616. The van der Waals surface area contributed by atoms with E-state index in [1.54, 1.807) is 0 Å². The van der Waals surface area contributed by atoms with Gasteiger partial charge in [-0.2, -0.15) is 0 Å². The topological polar surface area (TPSA) is 82.5 Å². The molecule has 0 aliphatic carbocycles. The zero-order valence-corrected chi connectivity index (χ0v) is 15.2. The predicted octanol–water partition coefficient (Wildman–Crippen LogP) is 2.18. The van der Waals surface area contributed by atoms with Crippen molar-refractivity contribution in [1.29, 1.82) is 0 Å². The number of unbranched alkanes of at least 4 members (excludes halogenated alkanes) is 1. The van der Waals surface area contributed by atoms with Crippen molar-refractivity contribution in [1.82, 2.24) is 9.55 Å². The second kappa shape index (κ2) is 8.19. The van der Waals surface area contributed by atoms with Gasteiger partial charge >= 0.3 is 5.97 Å². The van der Waals surface area contributed by atoms with Gasteiger partial charge in [0.2, 0.25) is 0 Å². The van der Waals surface area contributed by atoms with E-state index in [-0.39, 0.29) is 22.5 Å². The first kappa shape index (κ1) is 18.2. The monoisotopic (exact) mass is 369 g/mol. The van der Waals surface area contributed by atoms with E-state index in [1.165, 1.54) is 4.57 Å². The van der Waals surface area contributed by atoms with Gasteiger partial charge in [0.15, 0.2) is 11.0 Å². The van der Waals surface area contributed by atoms with Crippen molar-refractivity contribution >= 4 is 23.4 Å². The fourth-order valence-corrected chi connectivity index (χ4v) is 3.51. The molecule has 1 aromatic rings. The Bertz CT molecular complexity index is 685. The second-order valence-corrected chi connectivity index (χ2v) is 6.92. The first-order chi connectivity index (χ1) is 12.1. The van der Waals surface area contributed by atoms with Crippen molar-refractivity contribution in [2.45, 2.75) is 45.1 Å². The van der Waals surface area contributed by atoms with Gasteiger partial charge in [-0.25, -0.2) is 9.78 Å². The summed E-state index contributed by atoms with van der Waals surface area (Å²) < 4.78 is 12.1. The van der Waals surface area contributed by atoms with Crippen LogP contribution in [0.25, 0.3) is 0 Å². The van der Waals surface area contributed by atoms with Crippen molar-refractivity contribution in [2.75, 3.05) is 31.7 Å². The highest BCUT2D eigenvalue weighted by Crippen LogP contribution is 2.29. The molecule has 0 amide bonds. The van der Waals surface area contributed by atoms with E-state index in [1.807, 2.05) is 6.92 Å². The van der Waals surface area contributed by atoms with Crippen LogP contribution in [0.15, 0.2) is 4.79 Å². The van der Waals surface area contributed by atoms with Crippen molar-refractivity contribution in [3.63, 3.8) is 0 Å². The number of hydrogen-bond acceptors (Lipinski definition) is 6. The molecule has 1 unspecified atom stereocenters. The highest BCUT2D eigenvalue weighted by Gasteiger charge is 2.33. The van der Waals surface area contributed by atoms with Crippen molar-refractivity contribution in [3.8, 4) is 0 Å². The van der Waals surface area contributed by atoms with Gasteiger partial charge in [0.1, 0.15) is 6.04 Å². The van der Waals surface area contributed by atoms with Crippen LogP contribution in [-0.4, -0.2) is 41.9 Å². The van der Waals surface area contributed by atoms with E-state index in [0.717, 1.165) is 25.9 Å². The molecule has 0 bridgehead atoms. The van der Waals surface area contributed by atoms with Gasteiger partial charge in [0.25, 0.3) is 5.56 Å². The first-order valence-corrected chi connectivity index (χ1v) is 9.28. The number of carbonyl (C=O) groups excluding carboxylic acids is 1. The van der Waals surface area contributed by atoms with Crippen LogP contribution in [-0.2, 0) is 20.7 Å². The Labute approximate surface area is 151 Å². The molecule has 0 aromatic carbocycles. The molecular formula is C17H24ClN3O4. The zero-order valence-electron chi connectivity index (χ0n) is 14.4. The summed E-state index contributed by atoms with van der Waals surface area (Å²) >= 11 is 6.25. The van der Waals surface area contributed by atoms with E-state index in [4.69, 9.17) is 21.1 Å². The van der Waals surface area contributed by atoms with Gasteiger partial charge in [0, 0.05) is 19.1 Å². The average Bonchev–Trinajstić information content (AvgIpc) is 3.26. The molecule has 3 heterocycles. The molecule has 2 aliphatic rings. The predicted molar refractivity (Wildman–Crippen MR) is 94.1 cm³/mol. The molecule has 0 saturated carbocycles. The highest BCUT2D eigenvalue weighted by molar-refractivity contribution is 6.30. The first-order valence-electron chi connectivity index (χ1n) is 8.91. The number of fused-ring (bicyclic) bond motifs is 1. The summed E-state index contributed by atoms with van der Waals surface area (Å²) in [7, 11) is 0. The van der Waals surface area contributed by atoms with Crippen molar-refractivity contribution < 1.29 is 14.3 Å². The third kappa shape index (κ3) is 3.98. The number of hydrogen-bond donors (Lipinski definition) is 1. The lowest BCUT2D eigenvalue weighted by atomic mass is 10.1. The molecule has 0 radical (unpaired) electrons. The Hall–Kier alpha value is -1.60. The SMILES string of the molecule is CCCCOC(=O)[C@@H]1CCc2c(Cl)nc(NCC3CCOC3)c(=O)n21. The van der Waals surface area contributed by atoms with Crippen LogP contribution >= 0.6 is 11.6 Å². The molecule has 7 nitrogen and oxygen atoms in total. The molecule has 0 spiro atoms. The summed E-state index contributed by atoms with van der Waals surface area (Å²) in [6.45, 7) is 4.43. The molecule has 1 N–H and O–H groups in total. The lowest BCUT2D eigenvalue weighted by Gasteiger charge is -2.16. The van der Waals surface area contributed by atoms with Crippen molar-refractivity contribution in [3.05, 3.63) is 21.2 Å². The maximum atomic E-state index is 12.8. The van der Waals surface area contributed by atoms with Crippen LogP contribution in [0.5, 0.6) is 0 Å². The lowest BCUT2D eigenvalue weighted by Crippen LogP contribution is -2.32. The smallest absolute Gasteiger partial charge is 0.329 e. The Morgan fingerprint density at radius 1 is 1.48 bits per heavy atom. The summed E-state index contributed by atoms with van der Waals surface area (Å²) in [5, 5.41) is 3.35. The van der Waals surface area contributed by atoms with Crippen LogP contribution in [0.4, 0.5) is 5.82 Å². The molecule has 3 rings (SSSR count). The number of esters is 1. The number of anilines is 1. The molecule has 1 saturated heterocycles. The number of nitrogens with one attached hydrogen (secondary N) is 1. The van der Waals surface area contributed by atoms with E-state index in [2.05, 4.69) is 10.3 Å². The number of carbonyl (C=O) groups is 1. The number of nitrogens with zero attached hydrogens (tertiary/aromatic N) is 2. The van der Waals surface area contributed by atoms with Crippen LogP contribution in [0.1, 0.15) is 44.3 Å². The molecule has 2 aliphatic heterocycles. The fraction of sp³-hybridized carbons (Fsp3) is 0.706. The van der Waals surface area contributed by atoms with Gasteiger partial charge in [-0.05, 0) is 25.7 Å². The average molecular weight is 370 g/mol. The summed E-state index contributed by atoms with van der Waals surface area (Å²) in [6.07, 6.45) is 3.78. The number of rotatable bonds is 7. The van der Waals surface area contributed by atoms with Gasteiger partial charge in [-0.1, -0.05) is 24.9 Å². The Balaban J connectivity index is 1.77. The van der Waals surface area contributed by atoms with Crippen LogP contribution in [0.3, 0.4) is 0 Å². The molecule has 25 heavy (non-hydrogen) atoms. The summed E-state index contributed by atoms with van der Waals surface area (Å²) in [5.41, 5.74) is 0.298. The zero-order chi connectivity index (χ0) is 17.8. The highest BCUT2D eigenvalue weighted by atomic mass is 35.5. The normalized spacial score (nSPS) is 22.0. The number of halogens is 1. The minimum absolute atomic E-state index is 0.189. The maximum Gasteiger partial charge on any atom is 0.329 e. The lowest BCUT2D eigenvalue weighted by molar-refractivity contribution is -0.147. The largest absolute Gasteiger partial charge is 0.464 e. The maximum absolute atomic E-state index is 12.8. The molecule has 1 aromatic heterocycles. The third-order valence-electron chi connectivity index (χ3n) is 4.72. The van der Waals surface area contributed by atoms with Gasteiger partial charge in [0.05, 0.1) is 18.9 Å². The van der Waals surface area contributed by atoms with Gasteiger partial charge in [-0.3, -0.25) is 9.36 Å². The quantitative estimate of drug-likeness (QED) is 0.586. The Morgan fingerprint density at radius 3 is 3.04 bits per heavy atom. The van der Waals surface area contributed by atoms with Crippen LogP contribution < -0.4 is 10.9 Å². The molecule has 2 atom stereocenters. The standard InChI is InChI=1S/C17H24ClN3O4/c1-2-3-7-25-17(23)13-5-4-12-14(18)20-15(16(22)21(12)13)19-9-11-6-8-24-10-11/h11,13H,2-10H2,1H3,(H,19,20)/t11?,13-/m0/s1. The van der Waals surface area contributed by atoms with Crippen LogP contribution in [0.2, 0.25) is 5.15 Å². The molecule has 1 fully saturated rings. The molecule has 138 valence electrons. The summed E-state index contributed by atoms with van der Waals surface area (Å²) in [6, 6.07) is -0.616. The third-order valence-corrected chi connectivity index (χ3v) is 5.03. The Kier molecular flexibility index (Phi) is 5.96. The minimum Gasteiger partial charge on any atom is -0.464 e. The molecule has 8 heteroatoms. The Morgan fingerprint density at radius 2 is 2.32 bits per heavy atom. The molecular weight excluding hydrogens is 346 g/mol. The second-order valence-electron chi connectivity index (χ2n) is 6.56. The summed E-state index contributed by atoms with van der Waals surface area (Å²) in [4.78, 5) is 29.3.